The molecule has 0 aromatic heterocycles. The number of amides is 2. The summed E-state index contributed by atoms with van der Waals surface area (Å²) in [6.45, 7) is 1.06. The number of rotatable bonds is 5. The van der Waals surface area contributed by atoms with Crippen LogP contribution in [0.25, 0.3) is 0 Å². The van der Waals surface area contributed by atoms with Crippen molar-refractivity contribution >= 4 is 21.8 Å². The van der Waals surface area contributed by atoms with Crippen LogP contribution in [0.4, 0.5) is 4.39 Å². The van der Waals surface area contributed by atoms with E-state index in [4.69, 9.17) is 0 Å². The molecule has 9 heteroatoms. The van der Waals surface area contributed by atoms with Gasteiger partial charge in [0.1, 0.15) is 5.82 Å². The molecule has 0 saturated carbocycles. The third-order valence-electron chi connectivity index (χ3n) is 4.66. The van der Waals surface area contributed by atoms with Crippen LogP contribution in [0.5, 0.6) is 0 Å². The molecule has 1 heterocycles. The van der Waals surface area contributed by atoms with Crippen molar-refractivity contribution in [1.29, 1.82) is 0 Å². The number of hydrazine groups is 1. The molecule has 0 bridgehead atoms. The largest absolute Gasteiger partial charge is 0.273 e. The van der Waals surface area contributed by atoms with Gasteiger partial charge in [-0.05, 0) is 54.8 Å². The maximum atomic E-state index is 12.9. The molecule has 2 aromatic rings. The zero-order chi connectivity index (χ0) is 20.9. The lowest BCUT2D eigenvalue weighted by Gasteiger charge is -2.25. The van der Waals surface area contributed by atoms with E-state index in [2.05, 4.69) is 10.9 Å². The molecular weight excluding hydrogens is 397 g/mol. The minimum absolute atomic E-state index is 0.0340. The van der Waals surface area contributed by atoms with Gasteiger partial charge in [-0.15, -0.1) is 0 Å². The van der Waals surface area contributed by atoms with Crippen molar-refractivity contribution in [2.75, 3.05) is 13.1 Å². The highest BCUT2D eigenvalue weighted by Gasteiger charge is 2.25. The fraction of sp³-hybridized carbons (Fsp3) is 0.300. The molecule has 1 aliphatic heterocycles. The summed E-state index contributed by atoms with van der Waals surface area (Å²) in [6, 6.07) is 11.0. The van der Waals surface area contributed by atoms with E-state index in [0.29, 0.717) is 18.7 Å². The number of nitrogens with zero attached hydrogens (tertiary/aromatic N) is 1. The molecule has 2 amide bonds. The van der Waals surface area contributed by atoms with Crippen LogP contribution in [0.2, 0.25) is 0 Å². The predicted octanol–water partition coefficient (Wildman–Crippen LogP) is 2.00. The Morgan fingerprint density at radius 1 is 0.897 bits per heavy atom. The summed E-state index contributed by atoms with van der Waals surface area (Å²) in [5, 5.41) is 0. The maximum Gasteiger partial charge on any atom is 0.269 e. The molecule has 1 saturated heterocycles. The van der Waals surface area contributed by atoms with Crippen LogP contribution in [0.15, 0.2) is 53.4 Å². The van der Waals surface area contributed by atoms with Gasteiger partial charge in [0.25, 0.3) is 5.91 Å². The topological polar surface area (TPSA) is 95.6 Å². The van der Waals surface area contributed by atoms with Gasteiger partial charge in [-0.25, -0.2) is 12.8 Å². The zero-order valence-corrected chi connectivity index (χ0v) is 16.5. The standard InChI is InChI=1S/C20H22FN3O4S/c21-17-8-6-16(7-9-17)20(26)23-22-19(25)14-15-4-10-18(11-5-15)29(27,28)24-12-2-1-3-13-24/h4-11H,1-3,12-14H2,(H,22,25)(H,23,26). The van der Waals surface area contributed by atoms with Crippen molar-refractivity contribution in [1.82, 2.24) is 15.2 Å². The number of nitrogens with one attached hydrogen (secondary N) is 2. The Balaban J connectivity index is 1.54. The van der Waals surface area contributed by atoms with E-state index in [-0.39, 0.29) is 16.9 Å². The average Bonchev–Trinajstić information content (AvgIpc) is 2.73. The summed E-state index contributed by atoms with van der Waals surface area (Å²) in [7, 11) is -3.51. The van der Waals surface area contributed by atoms with Gasteiger partial charge in [-0.3, -0.25) is 20.4 Å². The van der Waals surface area contributed by atoms with Gasteiger partial charge in [0, 0.05) is 18.7 Å². The Morgan fingerprint density at radius 2 is 1.52 bits per heavy atom. The van der Waals surface area contributed by atoms with Crippen LogP contribution < -0.4 is 10.9 Å². The van der Waals surface area contributed by atoms with Gasteiger partial charge >= 0.3 is 0 Å². The third kappa shape index (κ3) is 5.39. The lowest BCUT2D eigenvalue weighted by Crippen LogP contribution is -2.42. The lowest BCUT2D eigenvalue weighted by atomic mass is 10.1. The molecule has 2 aromatic carbocycles. The zero-order valence-electron chi connectivity index (χ0n) is 15.7. The van der Waals surface area contributed by atoms with Crippen LogP contribution in [0.1, 0.15) is 35.2 Å². The predicted molar refractivity (Wildman–Crippen MR) is 105 cm³/mol. The van der Waals surface area contributed by atoms with E-state index in [9.17, 15) is 22.4 Å². The minimum Gasteiger partial charge on any atom is -0.273 e. The fourth-order valence-corrected chi connectivity index (χ4v) is 4.58. The van der Waals surface area contributed by atoms with Gasteiger partial charge in [-0.2, -0.15) is 4.31 Å². The Bertz CT molecular complexity index is 970. The molecule has 0 radical (unpaired) electrons. The maximum absolute atomic E-state index is 12.9. The smallest absolute Gasteiger partial charge is 0.269 e. The van der Waals surface area contributed by atoms with Gasteiger partial charge in [0.15, 0.2) is 0 Å². The molecule has 1 fully saturated rings. The van der Waals surface area contributed by atoms with Crippen molar-refractivity contribution in [2.24, 2.45) is 0 Å². The van der Waals surface area contributed by atoms with E-state index >= 15 is 0 Å². The number of sulfonamides is 1. The first-order valence-corrected chi connectivity index (χ1v) is 10.7. The number of hydrogen-bond donors (Lipinski definition) is 2. The summed E-state index contributed by atoms with van der Waals surface area (Å²) in [5.74, 6) is -1.50. The number of piperidine rings is 1. The molecule has 0 unspecified atom stereocenters. The van der Waals surface area contributed by atoms with E-state index in [1.165, 1.54) is 28.6 Å². The van der Waals surface area contributed by atoms with Gasteiger partial charge in [-0.1, -0.05) is 18.6 Å². The highest BCUT2D eigenvalue weighted by molar-refractivity contribution is 7.89. The highest BCUT2D eigenvalue weighted by atomic mass is 32.2. The molecule has 0 atom stereocenters. The number of hydrogen-bond acceptors (Lipinski definition) is 4. The van der Waals surface area contributed by atoms with Crippen molar-refractivity contribution < 1.29 is 22.4 Å². The van der Waals surface area contributed by atoms with Gasteiger partial charge in [0.2, 0.25) is 15.9 Å². The Kier molecular flexibility index (Phi) is 6.60. The van der Waals surface area contributed by atoms with Crippen LogP contribution >= 0.6 is 0 Å². The fourth-order valence-electron chi connectivity index (χ4n) is 3.06. The SMILES string of the molecule is O=C(Cc1ccc(S(=O)(=O)N2CCCCC2)cc1)NNC(=O)c1ccc(F)cc1. The molecule has 1 aliphatic rings. The second-order valence-electron chi connectivity index (χ2n) is 6.79. The average molecular weight is 419 g/mol. The van der Waals surface area contributed by atoms with Crippen LogP contribution in [0, 0.1) is 5.82 Å². The van der Waals surface area contributed by atoms with Crippen LogP contribution in [0.3, 0.4) is 0 Å². The molecule has 2 N–H and O–H groups in total. The quantitative estimate of drug-likeness (QED) is 0.725. The molecule has 154 valence electrons. The summed E-state index contributed by atoms with van der Waals surface area (Å²) in [6.07, 6.45) is 2.73. The Labute approximate surface area is 168 Å². The molecule has 0 aliphatic carbocycles. The number of benzene rings is 2. The van der Waals surface area contributed by atoms with Crippen LogP contribution in [-0.4, -0.2) is 37.6 Å². The van der Waals surface area contributed by atoms with Crippen molar-refractivity contribution in [3.05, 3.63) is 65.5 Å². The van der Waals surface area contributed by atoms with Crippen molar-refractivity contribution in [3.63, 3.8) is 0 Å². The van der Waals surface area contributed by atoms with Gasteiger partial charge in [0.05, 0.1) is 11.3 Å². The molecular formula is C20H22FN3O4S. The summed E-state index contributed by atoms with van der Waals surface area (Å²) >= 11 is 0. The molecule has 0 spiro atoms. The van der Waals surface area contributed by atoms with E-state index in [1.807, 2.05) is 0 Å². The van der Waals surface area contributed by atoms with Crippen LogP contribution in [-0.2, 0) is 21.2 Å². The first kappa shape index (κ1) is 20.9. The summed E-state index contributed by atoms with van der Waals surface area (Å²) < 4.78 is 39.6. The Morgan fingerprint density at radius 3 is 2.14 bits per heavy atom. The third-order valence-corrected chi connectivity index (χ3v) is 6.58. The van der Waals surface area contributed by atoms with Gasteiger partial charge < -0.3 is 0 Å². The summed E-state index contributed by atoms with van der Waals surface area (Å²) in [5.41, 5.74) is 5.35. The number of carbonyl (C=O) groups excluding carboxylic acids is 2. The summed E-state index contributed by atoms with van der Waals surface area (Å²) in [4.78, 5) is 24.1. The second-order valence-corrected chi connectivity index (χ2v) is 8.73. The van der Waals surface area contributed by atoms with E-state index in [1.54, 1.807) is 12.1 Å². The highest BCUT2D eigenvalue weighted by Crippen LogP contribution is 2.21. The number of carbonyl (C=O) groups is 2. The number of halogens is 1. The van der Waals surface area contributed by atoms with E-state index in [0.717, 1.165) is 31.4 Å². The normalized spacial score (nSPS) is 14.9. The Hall–Kier alpha value is -2.78. The minimum atomic E-state index is -3.51. The second kappa shape index (κ2) is 9.15. The van der Waals surface area contributed by atoms with Crippen molar-refractivity contribution in [2.45, 2.75) is 30.6 Å². The molecule has 7 nitrogen and oxygen atoms in total. The van der Waals surface area contributed by atoms with Crippen molar-refractivity contribution in [3.8, 4) is 0 Å². The lowest BCUT2D eigenvalue weighted by molar-refractivity contribution is -0.121. The first-order valence-electron chi connectivity index (χ1n) is 9.30. The molecule has 3 rings (SSSR count). The molecule has 29 heavy (non-hydrogen) atoms. The monoisotopic (exact) mass is 419 g/mol. The van der Waals surface area contributed by atoms with E-state index < -0.39 is 27.7 Å². The first-order chi connectivity index (χ1) is 13.9.